The Balaban J connectivity index is 4.49. The van der Waals surface area contributed by atoms with E-state index in [4.69, 9.17) is 16.2 Å². The van der Waals surface area contributed by atoms with E-state index < -0.39 is 0 Å². The van der Waals surface area contributed by atoms with Crippen LogP contribution >= 0.6 is 0 Å². The highest BCUT2D eigenvalue weighted by Crippen LogP contribution is 2.27. The van der Waals surface area contributed by atoms with Crippen molar-refractivity contribution in [3.05, 3.63) is 0 Å². The van der Waals surface area contributed by atoms with Gasteiger partial charge in [-0.2, -0.15) is 0 Å². The lowest BCUT2D eigenvalue weighted by Gasteiger charge is -2.38. The lowest BCUT2D eigenvalue weighted by Crippen LogP contribution is -2.48. The van der Waals surface area contributed by atoms with E-state index in [0.29, 0.717) is 5.92 Å². The molecule has 116 valence electrons. The monoisotopic (exact) mass is 272 g/mol. The van der Waals surface area contributed by atoms with Gasteiger partial charge in [0.2, 0.25) is 0 Å². The van der Waals surface area contributed by atoms with Crippen LogP contribution in [-0.2, 0) is 4.74 Å². The van der Waals surface area contributed by atoms with Crippen LogP contribution in [0.25, 0.3) is 0 Å². The predicted molar refractivity (Wildman–Crippen MR) is 84.2 cm³/mol. The molecule has 0 fully saturated rings. The zero-order chi connectivity index (χ0) is 15.1. The van der Waals surface area contributed by atoms with Crippen molar-refractivity contribution in [3.8, 4) is 0 Å². The molecular weight excluding hydrogens is 236 g/mol. The van der Waals surface area contributed by atoms with Crippen molar-refractivity contribution in [1.82, 2.24) is 0 Å². The Morgan fingerprint density at radius 1 is 1.05 bits per heavy atom. The van der Waals surface area contributed by atoms with Crippen LogP contribution in [0.2, 0.25) is 0 Å². The summed E-state index contributed by atoms with van der Waals surface area (Å²) in [5.74, 6) is 0.367. The highest BCUT2D eigenvalue weighted by molar-refractivity contribution is 4.88. The number of hydrogen-bond donors (Lipinski definition) is 2. The third-order valence-corrected chi connectivity index (χ3v) is 4.95. The number of nitrogens with two attached hydrogens (primary N) is 2. The van der Waals surface area contributed by atoms with Gasteiger partial charge in [-0.25, -0.2) is 0 Å². The first-order valence-corrected chi connectivity index (χ1v) is 7.95. The molecule has 0 aromatic rings. The number of ether oxygens (including phenoxy) is 1. The van der Waals surface area contributed by atoms with E-state index in [9.17, 15) is 0 Å². The van der Waals surface area contributed by atoms with Crippen LogP contribution in [0.1, 0.15) is 73.6 Å². The Hall–Kier alpha value is -0.120. The van der Waals surface area contributed by atoms with Crippen molar-refractivity contribution in [3.63, 3.8) is 0 Å². The van der Waals surface area contributed by atoms with Gasteiger partial charge >= 0.3 is 0 Å². The Kier molecular flexibility index (Phi) is 8.18. The topological polar surface area (TPSA) is 61.3 Å². The third kappa shape index (κ3) is 5.80. The van der Waals surface area contributed by atoms with Crippen molar-refractivity contribution in [2.24, 2.45) is 17.4 Å². The summed E-state index contributed by atoms with van der Waals surface area (Å²) < 4.78 is 6.20. The van der Waals surface area contributed by atoms with Gasteiger partial charge in [0.05, 0.1) is 12.2 Å². The first-order chi connectivity index (χ1) is 8.76. The predicted octanol–water partition coefficient (Wildman–Crippen LogP) is 3.45. The van der Waals surface area contributed by atoms with Gasteiger partial charge in [-0.05, 0) is 44.9 Å². The van der Waals surface area contributed by atoms with Gasteiger partial charge in [-0.3, -0.25) is 0 Å². The van der Waals surface area contributed by atoms with E-state index in [0.717, 1.165) is 38.7 Å². The normalized spacial score (nSPS) is 18.9. The lowest BCUT2D eigenvalue weighted by molar-refractivity contribution is -0.0677. The molecule has 0 saturated carbocycles. The summed E-state index contributed by atoms with van der Waals surface area (Å²) in [7, 11) is 0. The molecular formula is C16H36N2O. The Bertz CT molecular complexity index is 241. The van der Waals surface area contributed by atoms with E-state index in [2.05, 4.69) is 41.5 Å². The van der Waals surface area contributed by atoms with Gasteiger partial charge in [-0.1, -0.05) is 34.6 Å². The molecule has 0 aromatic carbocycles. The molecule has 0 heterocycles. The smallest absolute Gasteiger partial charge is 0.0666 e. The first-order valence-electron chi connectivity index (χ1n) is 7.95. The highest BCUT2D eigenvalue weighted by atomic mass is 16.5. The first kappa shape index (κ1) is 18.9. The van der Waals surface area contributed by atoms with Gasteiger partial charge in [0, 0.05) is 11.6 Å². The minimum atomic E-state index is -0.119. The van der Waals surface area contributed by atoms with E-state index >= 15 is 0 Å². The molecule has 3 unspecified atom stereocenters. The van der Waals surface area contributed by atoms with E-state index in [-0.39, 0.29) is 17.2 Å². The van der Waals surface area contributed by atoms with E-state index in [1.165, 1.54) is 0 Å². The Morgan fingerprint density at radius 3 is 1.95 bits per heavy atom. The third-order valence-electron chi connectivity index (χ3n) is 4.95. The summed E-state index contributed by atoms with van der Waals surface area (Å²) in [4.78, 5) is 0. The Morgan fingerprint density at radius 2 is 1.58 bits per heavy atom. The molecule has 0 aliphatic carbocycles. The van der Waals surface area contributed by atoms with Crippen LogP contribution in [0.4, 0.5) is 0 Å². The molecule has 3 nitrogen and oxygen atoms in total. The average Bonchev–Trinajstić information content (AvgIpc) is 2.43. The molecule has 19 heavy (non-hydrogen) atoms. The fourth-order valence-electron chi connectivity index (χ4n) is 2.44. The maximum atomic E-state index is 6.43. The molecule has 0 aliphatic heterocycles. The van der Waals surface area contributed by atoms with E-state index in [1.54, 1.807) is 0 Å². The quantitative estimate of drug-likeness (QED) is 0.640. The molecule has 0 amide bonds. The minimum Gasteiger partial charge on any atom is -0.375 e. The van der Waals surface area contributed by atoms with Crippen LogP contribution < -0.4 is 11.5 Å². The molecule has 0 bridgehead atoms. The largest absolute Gasteiger partial charge is 0.375 e. The van der Waals surface area contributed by atoms with Crippen LogP contribution in [-0.4, -0.2) is 23.8 Å². The molecule has 0 radical (unpaired) electrons. The second kappa shape index (κ2) is 8.23. The fourth-order valence-corrected chi connectivity index (χ4v) is 2.44. The van der Waals surface area contributed by atoms with Gasteiger partial charge in [0.25, 0.3) is 0 Å². The highest BCUT2D eigenvalue weighted by Gasteiger charge is 2.31. The van der Waals surface area contributed by atoms with Crippen molar-refractivity contribution in [1.29, 1.82) is 0 Å². The fraction of sp³-hybridized carbons (Fsp3) is 1.00. The summed E-state index contributed by atoms with van der Waals surface area (Å²) in [5.41, 5.74) is 12.3. The number of rotatable bonds is 10. The van der Waals surface area contributed by atoms with Crippen LogP contribution in [0.15, 0.2) is 0 Å². The molecule has 3 atom stereocenters. The summed E-state index contributed by atoms with van der Waals surface area (Å²) in [6.45, 7) is 13.7. The standard InChI is InChI=1S/C16H36N2O/c1-7-14(17)11-15(6,8-2)19-12-13(5)16(18,9-3)10-4/h13-14H,7-12,17-18H2,1-6H3. The molecule has 0 rings (SSSR count). The summed E-state index contributed by atoms with van der Waals surface area (Å²) in [5, 5.41) is 0. The molecule has 4 N–H and O–H groups in total. The van der Waals surface area contributed by atoms with Gasteiger partial charge < -0.3 is 16.2 Å². The zero-order valence-electron chi connectivity index (χ0n) is 14.0. The molecule has 0 aromatic heterocycles. The summed E-state index contributed by atoms with van der Waals surface area (Å²) in [6.07, 6.45) is 4.89. The zero-order valence-corrected chi connectivity index (χ0v) is 14.0. The average molecular weight is 272 g/mol. The Labute approximate surface area is 120 Å². The number of hydrogen-bond acceptors (Lipinski definition) is 3. The van der Waals surface area contributed by atoms with Crippen molar-refractivity contribution in [2.45, 2.75) is 90.8 Å². The lowest BCUT2D eigenvalue weighted by atomic mass is 9.81. The second-order valence-electron chi connectivity index (χ2n) is 6.33. The van der Waals surface area contributed by atoms with Gasteiger partial charge in [-0.15, -0.1) is 0 Å². The SMILES string of the molecule is CCC(N)CC(C)(CC)OCC(C)C(N)(CC)CC. The molecule has 0 saturated heterocycles. The van der Waals surface area contributed by atoms with Crippen molar-refractivity contribution < 1.29 is 4.74 Å². The second-order valence-corrected chi connectivity index (χ2v) is 6.33. The molecule has 3 heteroatoms. The minimum absolute atomic E-state index is 0.110. The summed E-state index contributed by atoms with van der Waals surface area (Å²) in [6, 6.07) is 0.222. The van der Waals surface area contributed by atoms with Crippen molar-refractivity contribution in [2.75, 3.05) is 6.61 Å². The maximum absolute atomic E-state index is 6.43. The maximum Gasteiger partial charge on any atom is 0.0666 e. The molecule has 0 aliphatic rings. The van der Waals surface area contributed by atoms with Crippen LogP contribution in [0.5, 0.6) is 0 Å². The van der Waals surface area contributed by atoms with Crippen molar-refractivity contribution >= 4 is 0 Å². The van der Waals surface area contributed by atoms with Crippen LogP contribution in [0.3, 0.4) is 0 Å². The molecule has 0 spiro atoms. The van der Waals surface area contributed by atoms with Crippen LogP contribution in [0, 0.1) is 5.92 Å². The van der Waals surface area contributed by atoms with Gasteiger partial charge in [0.15, 0.2) is 0 Å². The van der Waals surface area contributed by atoms with Gasteiger partial charge in [0.1, 0.15) is 0 Å². The summed E-state index contributed by atoms with van der Waals surface area (Å²) >= 11 is 0. The van der Waals surface area contributed by atoms with E-state index in [1.807, 2.05) is 0 Å².